The van der Waals surface area contributed by atoms with E-state index in [-0.39, 0.29) is 18.3 Å². The second kappa shape index (κ2) is 7.96. The van der Waals surface area contributed by atoms with Crippen LogP contribution in [0.4, 0.5) is 5.69 Å². The fourth-order valence-electron chi connectivity index (χ4n) is 2.34. The van der Waals surface area contributed by atoms with Gasteiger partial charge in [0.25, 0.3) is 0 Å². The van der Waals surface area contributed by atoms with Crippen molar-refractivity contribution in [2.45, 2.75) is 26.7 Å². The molecule has 0 aliphatic carbocycles. The molecule has 0 bridgehead atoms. The highest BCUT2D eigenvalue weighted by molar-refractivity contribution is 5.95. The predicted octanol–water partition coefficient (Wildman–Crippen LogP) is 3.00. The Bertz CT molecular complexity index is 568. The Morgan fingerprint density at radius 1 is 1.27 bits per heavy atom. The van der Waals surface area contributed by atoms with Crippen LogP contribution in [0.2, 0.25) is 0 Å². The fourth-order valence-corrected chi connectivity index (χ4v) is 2.34. The molecule has 1 amide bonds. The largest absolute Gasteiger partial charge is 0.329 e. The first-order chi connectivity index (χ1) is 10.1. The predicted molar refractivity (Wildman–Crippen MR) is 91.5 cm³/mol. The fraction of sp³-hybridized carbons (Fsp3) is 0.375. The van der Waals surface area contributed by atoms with E-state index >= 15 is 0 Å². The Labute approximate surface area is 137 Å². The molecule has 0 aliphatic heterocycles. The average molecular weight is 323 g/mol. The van der Waals surface area contributed by atoms with E-state index in [2.05, 4.69) is 10.4 Å². The van der Waals surface area contributed by atoms with Gasteiger partial charge in [0.15, 0.2) is 0 Å². The standard InChI is InChI=1S/C16H22N4O.ClH/c1-3-16(4-2,12-17)15(21)19-13-6-8-14(9-7-13)20-11-5-10-18-20;/h5-11H,3-4,12,17H2,1-2H3,(H,19,21);1H. The lowest BCUT2D eigenvalue weighted by Gasteiger charge is -2.28. The van der Waals surface area contributed by atoms with Crippen molar-refractivity contribution in [3.05, 3.63) is 42.7 Å². The number of amides is 1. The molecule has 0 fully saturated rings. The first-order valence-electron chi connectivity index (χ1n) is 7.27. The van der Waals surface area contributed by atoms with Crippen LogP contribution in [0.3, 0.4) is 0 Å². The third kappa shape index (κ3) is 3.67. The van der Waals surface area contributed by atoms with Crippen LogP contribution >= 0.6 is 12.4 Å². The Morgan fingerprint density at radius 3 is 2.36 bits per heavy atom. The van der Waals surface area contributed by atoms with Crippen molar-refractivity contribution < 1.29 is 4.79 Å². The molecule has 5 nitrogen and oxygen atoms in total. The summed E-state index contributed by atoms with van der Waals surface area (Å²) >= 11 is 0. The van der Waals surface area contributed by atoms with Crippen molar-refractivity contribution in [1.29, 1.82) is 0 Å². The molecule has 1 heterocycles. The molecule has 120 valence electrons. The average Bonchev–Trinajstić information content (AvgIpc) is 3.05. The number of anilines is 1. The van der Waals surface area contributed by atoms with Gasteiger partial charge in [-0.2, -0.15) is 5.10 Å². The third-order valence-corrected chi connectivity index (χ3v) is 4.12. The first kappa shape index (κ1) is 18.2. The molecule has 0 saturated heterocycles. The highest BCUT2D eigenvalue weighted by atomic mass is 35.5. The summed E-state index contributed by atoms with van der Waals surface area (Å²) in [5.74, 6) is -0.0122. The molecule has 6 heteroatoms. The molecule has 0 radical (unpaired) electrons. The number of carbonyl (C=O) groups is 1. The van der Waals surface area contributed by atoms with Gasteiger partial charge in [0.05, 0.1) is 11.1 Å². The molecule has 0 spiro atoms. The maximum Gasteiger partial charge on any atom is 0.231 e. The molecule has 22 heavy (non-hydrogen) atoms. The summed E-state index contributed by atoms with van der Waals surface area (Å²) in [5, 5.41) is 7.13. The normalized spacial score (nSPS) is 10.9. The molecule has 3 N–H and O–H groups in total. The smallest absolute Gasteiger partial charge is 0.231 e. The van der Waals surface area contributed by atoms with Gasteiger partial charge < -0.3 is 11.1 Å². The van der Waals surface area contributed by atoms with Crippen LogP contribution in [0.1, 0.15) is 26.7 Å². The number of hydrogen-bond acceptors (Lipinski definition) is 3. The van der Waals surface area contributed by atoms with Gasteiger partial charge >= 0.3 is 0 Å². The minimum Gasteiger partial charge on any atom is -0.329 e. The summed E-state index contributed by atoms with van der Waals surface area (Å²) in [6.07, 6.45) is 5.07. The zero-order valence-electron chi connectivity index (χ0n) is 13.0. The van der Waals surface area contributed by atoms with Crippen LogP contribution in [0.25, 0.3) is 5.69 Å². The Morgan fingerprint density at radius 2 is 1.91 bits per heavy atom. The van der Waals surface area contributed by atoms with Crippen molar-refractivity contribution in [2.75, 3.05) is 11.9 Å². The number of benzene rings is 1. The van der Waals surface area contributed by atoms with Crippen LogP contribution in [0.5, 0.6) is 0 Å². The molecule has 2 aromatic rings. The maximum absolute atomic E-state index is 12.4. The molecule has 0 atom stereocenters. The second-order valence-corrected chi connectivity index (χ2v) is 5.14. The van der Waals surface area contributed by atoms with Crippen molar-refractivity contribution in [3.8, 4) is 5.69 Å². The van der Waals surface area contributed by atoms with Crippen molar-refractivity contribution in [1.82, 2.24) is 9.78 Å². The summed E-state index contributed by atoms with van der Waals surface area (Å²) in [6, 6.07) is 9.46. The van der Waals surface area contributed by atoms with E-state index in [1.54, 1.807) is 10.9 Å². The van der Waals surface area contributed by atoms with Gasteiger partial charge in [-0.15, -0.1) is 12.4 Å². The highest BCUT2D eigenvalue weighted by Crippen LogP contribution is 2.27. The van der Waals surface area contributed by atoms with Gasteiger partial charge in [0.1, 0.15) is 0 Å². The number of nitrogens with zero attached hydrogens (tertiary/aromatic N) is 2. The van der Waals surface area contributed by atoms with Gasteiger partial charge in [-0.25, -0.2) is 4.68 Å². The molecule has 0 aliphatic rings. The minimum absolute atomic E-state index is 0. The first-order valence-corrected chi connectivity index (χ1v) is 7.27. The van der Waals surface area contributed by atoms with Gasteiger partial charge in [-0.1, -0.05) is 13.8 Å². The highest BCUT2D eigenvalue weighted by Gasteiger charge is 2.33. The molecule has 0 saturated carbocycles. The monoisotopic (exact) mass is 322 g/mol. The SMILES string of the molecule is CCC(CC)(CN)C(=O)Nc1ccc(-n2cccn2)cc1.Cl. The van der Waals surface area contributed by atoms with Crippen LogP contribution < -0.4 is 11.1 Å². The lowest BCUT2D eigenvalue weighted by atomic mass is 9.81. The summed E-state index contributed by atoms with van der Waals surface area (Å²) in [4.78, 5) is 12.4. The van der Waals surface area contributed by atoms with Gasteiger partial charge in [0.2, 0.25) is 5.91 Å². The lowest BCUT2D eigenvalue weighted by molar-refractivity contribution is -0.125. The molecular weight excluding hydrogens is 300 g/mol. The van der Waals surface area contributed by atoms with E-state index < -0.39 is 5.41 Å². The van der Waals surface area contributed by atoms with Crippen LogP contribution in [-0.4, -0.2) is 22.2 Å². The second-order valence-electron chi connectivity index (χ2n) is 5.14. The molecule has 2 rings (SSSR count). The number of nitrogens with one attached hydrogen (secondary N) is 1. The van der Waals surface area contributed by atoms with E-state index in [9.17, 15) is 4.79 Å². The summed E-state index contributed by atoms with van der Waals surface area (Å²) < 4.78 is 1.77. The van der Waals surface area contributed by atoms with E-state index in [4.69, 9.17) is 5.73 Å². The number of aromatic nitrogens is 2. The minimum atomic E-state index is -0.485. The number of carbonyl (C=O) groups excluding carboxylic acids is 1. The van der Waals surface area contributed by atoms with Crippen molar-refractivity contribution in [3.63, 3.8) is 0 Å². The zero-order valence-corrected chi connectivity index (χ0v) is 13.8. The Hall–Kier alpha value is -1.85. The summed E-state index contributed by atoms with van der Waals surface area (Å²) in [7, 11) is 0. The molecule has 0 unspecified atom stereocenters. The molecule has 1 aromatic carbocycles. The number of nitrogens with two attached hydrogens (primary N) is 1. The van der Waals surface area contributed by atoms with E-state index in [1.807, 2.05) is 50.4 Å². The van der Waals surface area contributed by atoms with Gasteiger partial charge in [0, 0.05) is 24.6 Å². The molecular formula is C16H23ClN4O. The summed E-state index contributed by atoms with van der Waals surface area (Å²) in [5.41, 5.74) is 7.04. The Kier molecular flexibility index (Phi) is 6.59. The number of hydrogen-bond donors (Lipinski definition) is 2. The van der Waals surface area contributed by atoms with Gasteiger partial charge in [-0.3, -0.25) is 4.79 Å². The van der Waals surface area contributed by atoms with E-state index in [0.717, 1.165) is 24.2 Å². The van der Waals surface area contributed by atoms with Gasteiger partial charge in [-0.05, 0) is 43.2 Å². The third-order valence-electron chi connectivity index (χ3n) is 4.12. The molecule has 1 aromatic heterocycles. The van der Waals surface area contributed by atoms with Crippen LogP contribution in [-0.2, 0) is 4.79 Å². The van der Waals surface area contributed by atoms with Crippen LogP contribution in [0.15, 0.2) is 42.7 Å². The van der Waals surface area contributed by atoms with E-state index in [1.165, 1.54) is 0 Å². The van der Waals surface area contributed by atoms with E-state index in [0.29, 0.717) is 6.54 Å². The van der Waals surface area contributed by atoms with Crippen LogP contribution in [0, 0.1) is 5.41 Å². The lowest BCUT2D eigenvalue weighted by Crippen LogP contribution is -2.41. The Balaban J connectivity index is 0.00000242. The number of rotatable bonds is 6. The number of halogens is 1. The zero-order chi connectivity index (χ0) is 15.3. The van der Waals surface area contributed by atoms with Crippen molar-refractivity contribution >= 4 is 24.0 Å². The summed E-state index contributed by atoms with van der Waals surface area (Å²) in [6.45, 7) is 4.35. The topological polar surface area (TPSA) is 72.9 Å². The maximum atomic E-state index is 12.4. The van der Waals surface area contributed by atoms with Crippen molar-refractivity contribution in [2.24, 2.45) is 11.1 Å². The quantitative estimate of drug-likeness (QED) is 0.858.